The molecule has 0 saturated heterocycles. The fraction of sp³-hybridized carbons (Fsp3) is 0.133. The van der Waals surface area contributed by atoms with E-state index in [2.05, 4.69) is 10.3 Å². The van der Waals surface area contributed by atoms with Crippen LogP contribution in [-0.2, 0) is 0 Å². The van der Waals surface area contributed by atoms with Gasteiger partial charge in [0.25, 0.3) is 0 Å². The molecule has 0 aliphatic heterocycles. The molecule has 2 aromatic rings. The number of rotatable bonds is 5. The van der Waals surface area contributed by atoms with Crippen molar-refractivity contribution in [1.82, 2.24) is 4.98 Å². The van der Waals surface area contributed by atoms with E-state index in [1.807, 2.05) is 48.5 Å². The molecule has 1 aromatic heterocycles. The Balaban J connectivity index is 1.73. The van der Waals surface area contributed by atoms with Gasteiger partial charge in [-0.15, -0.1) is 0 Å². The number of benzene rings is 1. The van der Waals surface area contributed by atoms with Crippen molar-refractivity contribution in [3.63, 3.8) is 0 Å². The highest BCUT2D eigenvalue weighted by Crippen LogP contribution is 2.12. The molecule has 1 N–H and O–H groups in total. The first-order valence-corrected chi connectivity index (χ1v) is 7.58. The summed E-state index contributed by atoms with van der Waals surface area (Å²) in [6.07, 6.45) is 2.17. The maximum atomic E-state index is 11.9. The highest BCUT2D eigenvalue weighted by atomic mass is 32.2. The lowest BCUT2D eigenvalue weighted by atomic mass is 10.1. The van der Waals surface area contributed by atoms with Crippen molar-refractivity contribution < 1.29 is 4.79 Å². The molecule has 0 radical (unpaired) electrons. The second-order valence-corrected chi connectivity index (χ2v) is 5.79. The molecule has 0 atom stereocenters. The number of nitrogens with zero attached hydrogens (tertiary/aromatic N) is 1. The van der Waals surface area contributed by atoms with Crippen LogP contribution in [0, 0.1) is 0 Å². The van der Waals surface area contributed by atoms with Gasteiger partial charge in [0.15, 0.2) is 5.78 Å². The number of carbonyl (C=O) groups is 1. The lowest BCUT2D eigenvalue weighted by Crippen LogP contribution is -2.08. The molecule has 1 aromatic carbocycles. The topological polar surface area (TPSA) is 42.0 Å². The number of carbonyl (C=O) groups excluding carboxylic acids is 1. The Hall–Kier alpha value is -1.72. The molecule has 0 fully saturated rings. The largest absolute Gasteiger partial charge is 0.326 e. The van der Waals surface area contributed by atoms with Gasteiger partial charge in [-0.2, -0.15) is 0 Å². The van der Waals surface area contributed by atoms with Gasteiger partial charge in [-0.25, -0.2) is 4.98 Å². The van der Waals surface area contributed by atoms with Gasteiger partial charge < -0.3 is 5.32 Å². The molecule has 0 aliphatic rings. The van der Waals surface area contributed by atoms with Crippen LogP contribution in [0.25, 0.3) is 0 Å². The van der Waals surface area contributed by atoms with Gasteiger partial charge in [-0.05, 0) is 12.1 Å². The first-order chi connectivity index (χ1) is 9.75. The number of ketones is 1. The summed E-state index contributed by atoms with van der Waals surface area (Å²) in [5.74, 6) is 1.52. The number of thiocarbonyl (C=S) groups is 1. The van der Waals surface area contributed by atoms with Crippen LogP contribution in [0.1, 0.15) is 16.8 Å². The summed E-state index contributed by atoms with van der Waals surface area (Å²) >= 11 is 6.66. The molecule has 102 valence electrons. The minimum Gasteiger partial charge on any atom is -0.326 e. The average molecular weight is 302 g/mol. The molecule has 20 heavy (non-hydrogen) atoms. The summed E-state index contributed by atoms with van der Waals surface area (Å²) in [5.41, 5.74) is 0.747. The van der Waals surface area contributed by atoms with Crippen molar-refractivity contribution in [2.75, 3.05) is 11.1 Å². The number of aromatic nitrogens is 1. The molecule has 0 saturated carbocycles. The summed E-state index contributed by atoms with van der Waals surface area (Å²) < 4.78 is 0.629. The lowest BCUT2D eigenvalue weighted by molar-refractivity contribution is 0.0989. The van der Waals surface area contributed by atoms with Gasteiger partial charge in [-0.3, -0.25) is 4.79 Å². The van der Waals surface area contributed by atoms with Gasteiger partial charge in [0, 0.05) is 23.9 Å². The van der Waals surface area contributed by atoms with E-state index in [4.69, 9.17) is 12.2 Å². The van der Waals surface area contributed by atoms with Crippen molar-refractivity contribution >= 4 is 39.9 Å². The fourth-order valence-corrected chi connectivity index (χ4v) is 2.59. The van der Waals surface area contributed by atoms with Gasteiger partial charge in [-0.1, -0.05) is 60.4 Å². The van der Waals surface area contributed by atoms with E-state index < -0.39 is 0 Å². The van der Waals surface area contributed by atoms with Crippen LogP contribution in [0.4, 0.5) is 5.82 Å². The van der Waals surface area contributed by atoms with Crippen LogP contribution in [0.5, 0.6) is 0 Å². The Labute approximate surface area is 127 Å². The van der Waals surface area contributed by atoms with Crippen molar-refractivity contribution in [3.05, 3.63) is 60.3 Å². The van der Waals surface area contributed by atoms with E-state index in [1.54, 1.807) is 6.20 Å². The average Bonchev–Trinajstić information content (AvgIpc) is 2.49. The fourth-order valence-electron chi connectivity index (χ4n) is 1.58. The molecule has 0 bridgehead atoms. The zero-order chi connectivity index (χ0) is 14.2. The zero-order valence-electron chi connectivity index (χ0n) is 10.8. The predicted molar refractivity (Wildman–Crippen MR) is 88.3 cm³/mol. The Morgan fingerprint density at radius 2 is 1.90 bits per heavy atom. The van der Waals surface area contributed by atoms with Crippen LogP contribution in [0.2, 0.25) is 0 Å². The number of hydrogen-bond donors (Lipinski definition) is 1. The third-order valence-electron chi connectivity index (χ3n) is 2.55. The molecule has 3 nitrogen and oxygen atoms in total. The summed E-state index contributed by atoms with van der Waals surface area (Å²) in [4.78, 5) is 16.0. The van der Waals surface area contributed by atoms with Crippen molar-refractivity contribution in [1.29, 1.82) is 0 Å². The van der Waals surface area contributed by atoms with Crippen LogP contribution >= 0.6 is 24.0 Å². The monoisotopic (exact) mass is 302 g/mol. The molecular weight excluding hydrogens is 288 g/mol. The third kappa shape index (κ3) is 4.75. The molecule has 2 rings (SSSR count). The molecule has 5 heteroatoms. The predicted octanol–water partition coefficient (Wildman–Crippen LogP) is 3.78. The van der Waals surface area contributed by atoms with Gasteiger partial charge >= 0.3 is 0 Å². The Kier molecular flexibility index (Phi) is 5.70. The van der Waals surface area contributed by atoms with Crippen molar-refractivity contribution in [3.8, 4) is 0 Å². The zero-order valence-corrected chi connectivity index (χ0v) is 12.4. The molecule has 1 heterocycles. The quantitative estimate of drug-likeness (QED) is 0.672. The smallest absolute Gasteiger partial charge is 0.163 e. The number of hydrogen-bond acceptors (Lipinski definition) is 4. The second kappa shape index (κ2) is 7.77. The van der Waals surface area contributed by atoms with E-state index in [0.29, 0.717) is 16.5 Å². The number of nitrogens with one attached hydrogen (secondary N) is 1. The van der Waals surface area contributed by atoms with Crippen LogP contribution in [0.15, 0.2) is 54.7 Å². The van der Waals surface area contributed by atoms with Crippen LogP contribution in [-0.4, -0.2) is 20.8 Å². The minimum absolute atomic E-state index is 0.138. The summed E-state index contributed by atoms with van der Waals surface area (Å²) in [5, 5.41) is 3.03. The molecule has 0 spiro atoms. The first-order valence-electron chi connectivity index (χ1n) is 6.19. The van der Waals surface area contributed by atoms with E-state index in [-0.39, 0.29) is 5.78 Å². The Morgan fingerprint density at radius 3 is 2.60 bits per heavy atom. The van der Waals surface area contributed by atoms with Crippen molar-refractivity contribution in [2.45, 2.75) is 6.42 Å². The van der Waals surface area contributed by atoms with E-state index in [9.17, 15) is 4.79 Å². The number of Topliss-reactive ketones (excluding diaryl/α,β-unsaturated/α-hetero) is 1. The standard InChI is InChI=1S/C15H14N2OS2/c18-13(12-6-2-1-3-7-12)9-11-20-15(19)17-14-8-4-5-10-16-14/h1-8,10H,9,11H2,(H,16,17,19). The summed E-state index contributed by atoms with van der Waals surface area (Å²) in [6.45, 7) is 0. The Morgan fingerprint density at radius 1 is 1.15 bits per heavy atom. The molecule has 0 aliphatic carbocycles. The Bertz CT molecular complexity index is 573. The normalized spacial score (nSPS) is 10.0. The van der Waals surface area contributed by atoms with Gasteiger partial charge in [0.1, 0.15) is 10.1 Å². The van der Waals surface area contributed by atoms with Crippen LogP contribution in [0.3, 0.4) is 0 Å². The van der Waals surface area contributed by atoms with E-state index >= 15 is 0 Å². The first kappa shape index (κ1) is 14.7. The third-order valence-corrected chi connectivity index (χ3v) is 3.78. The number of thioether (sulfide) groups is 1. The number of pyridine rings is 1. The molecule has 0 unspecified atom stereocenters. The summed E-state index contributed by atoms with van der Waals surface area (Å²) in [7, 11) is 0. The van der Waals surface area contributed by atoms with Gasteiger partial charge in [0.2, 0.25) is 0 Å². The molecular formula is C15H14N2OS2. The maximum absolute atomic E-state index is 11.9. The van der Waals surface area contributed by atoms with E-state index in [0.717, 1.165) is 11.4 Å². The van der Waals surface area contributed by atoms with Gasteiger partial charge in [0.05, 0.1) is 0 Å². The van der Waals surface area contributed by atoms with E-state index in [1.165, 1.54) is 11.8 Å². The van der Waals surface area contributed by atoms with Crippen LogP contribution < -0.4 is 5.32 Å². The maximum Gasteiger partial charge on any atom is 0.163 e. The summed E-state index contributed by atoms with van der Waals surface area (Å²) in [6, 6.07) is 14.9. The lowest BCUT2D eigenvalue weighted by Gasteiger charge is -2.06. The minimum atomic E-state index is 0.138. The SMILES string of the molecule is O=C(CCSC(=S)Nc1ccccn1)c1ccccc1. The second-order valence-electron chi connectivity index (χ2n) is 4.02. The highest BCUT2D eigenvalue weighted by molar-refractivity contribution is 8.23. The number of anilines is 1. The van der Waals surface area contributed by atoms with Crippen molar-refractivity contribution in [2.24, 2.45) is 0 Å². The highest BCUT2D eigenvalue weighted by Gasteiger charge is 2.06. The molecule has 0 amide bonds.